The van der Waals surface area contributed by atoms with E-state index >= 15 is 0 Å². The number of hydrogen-bond donors (Lipinski definition) is 1. The molecule has 7 heteroatoms. The SMILES string of the molecule is Cc1c(C(=O)N2Cc3ccnn3[C@@H](C(=O)NC3CCCC3)C2)oc2ccccc12. The fourth-order valence-corrected chi connectivity index (χ4v) is 4.53. The molecule has 0 saturated heterocycles. The van der Waals surface area contributed by atoms with Crippen molar-refractivity contribution in [2.24, 2.45) is 0 Å². The molecular weight excluding hydrogens is 368 g/mol. The average Bonchev–Trinajstić information content (AvgIpc) is 3.47. The molecule has 3 heterocycles. The van der Waals surface area contributed by atoms with Gasteiger partial charge < -0.3 is 14.6 Å². The van der Waals surface area contributed by atoms with Gasteiger partial charge >= 0.3 is 0 Å². The minimum Gasteiger partial charge on any atom is -0.451 e. The fraction of sp³-hybridized carbons (Fsp3) is 0.409. The van der Waals surface area contributed by atoms with Gasteiger partial charge in [0.2, 0.25) is 5.91 Å². The number of nitrogens with zero attached hydrogens (tertiary/aromatic N) is 3. The number of benzene rings is 1. The Labute approximate surface area is 168 Å². The zero-order valence-electron chi connectivity index (χ0n) is 16.4. The Balaban J connectivity index is 1.42. The maximum atomic E-state index is 13.3. The van der Waals surface area contributed by atoms with Crippen LogP contribution >= 0.6 is 0 Å². The number of amides is 2. The van der Waals surface area contributed by atoms with Crippen LogP contribution in [0.15, 0.2) is 40.9 Å². The number of para-hydroxylation sites is 1. The molecule has 1 atom stereocenters. The molecule has 150 valence electrons. The summed E-state index contributed by atoms with van der Waals surface area (Å²) in [5.74, 6) is 0.0830. The topological polar surface area (TPSA) is 80.4 Å². The first-order valence-electron chi connectivity index (χ1n) is 10.2. The molecule has 0 radical (unpaired) electrons. The van der Waals surface area contributed by atoms with E-state index in [0.29, 0.717) is 17.9 Å². The molecule has 1 saturated carbocycles. The molecular formula is C22H24N4O3. The number of aryl methyl sites for hydroxylation is 1. The summed E-state index contributed by atoms with van der Waals surface area (Å²) in [5.41, 5.74) is 2.38. The highest BCUT2D eigenvalue weighted by molar-refractivity contribution is 5.99. The van der Waals surface area contributed by atoms with Crippen LogP contribution in [-0.2, 0) is 11.3 Å². The molecule has 7 nitrogen and oxygen atoms in total. The number of nitrogens with one attached hydrogen (secondary N) is 1. The Morgan fingerprint density at radius 2 is 1.97 bits per heavy atom. The average molecular weight is 392 g/mol. The molecule has 0 unspecified atom stereocenters. The monoisotopic (exact) mass is 392 g/mol. The minimum atomic E-state index is -0.525. The van der Waals surface area contributed by atoms with Crippen molar-refractivity contribution in [1.82, 2.24) is 20.0 Å². The van der Waals surface area contributed by atoms with Gasteiger partial charge in [0.15, 0.2) is 5.76 Å². The number of furan rings is 1. The van der Waals surface area contributed by atoms with Crippen LogP contribution in [0.25, 0.3) is 11.0 Å². The number of carbonyl (C=O) groups is 2. The Kier molecular flexibility index (Phi) is 4.38. The Hall–Kier alpha value is -3.09. The van der Waals surface area contributed by atoms with Crippen molar-refractivity contribution in [1.29, 1.82) is 0 Å². The molecule has 2 aromatic heterocycles. The smallest absolute Gasteiger partial charge is 0.290 e. The summed E-state index contributed by atoms with van der Waals surface area (Å²) in [6, 6.07) is 9.20. The predicted octanol–water partition coefficient (Wildman–Crippen LogP) is 3.19. The van der Waals surface area contributed by atoms with Crippen molar-refractivity contribution in [2.75, 3.05) is 6.54 Å². The van der Waals surface area contributed by atoms with Crippen LogP contribution in [-0.4, -0.2) is 39.1 Å². The predicted molar refractivity (Wildman–Crippen MR) is 107 cm³/mol. The summed E-state index contributed by atoms with van der Waals surface area (Å²) in [5, 5.41) is 8.44. The molecule has 29 heavy (non-hydrogen) atoms. The first-order valence-corrected chi connectivity index (χ1v) is 10.2. The van der Waals surface area contributed by atoms with Gasteiger partial charge in [-0.15, -0.1) is 0 Å². The highest BCUT2D eigenvalue weighted by atomic mass is 16.3. The van der Waals surface area contributed by atoms with E-state index < -0.39 is 6.04 Å². The van der Waals surface area contributed by atoms with Crippen molar-refractivity contribution >= 4 is 22.8 Å². The van der Waals surface area contributed by atoms with Gasteiger partial charge in [0.05, 0.1) is 18.8 Å². The van der Waals surface area contributed by atoms with Crippen LogP contribution in [0.1, 0.15) is 53.5 Å². The lowest BCUT2D eigenvalue weighted by atomic mass is 10.1. The molecule has 1 aromatic carbocycles. The van der Waals surface area contributed by atoms with Crippen molar-refractivity contribution in [3.8, 4) is 0 Å². The van der Waals surface area contributed by atoms with Crippen molar-refractivity contribution in [3.05, 3.63) is 53.5 Å². The molecule has 1 aliphatic heterocycles. The number of rotatable bonds is 3. The first-order chi connectivity index (χ1) is 14.1. The summed E-state index contributed by atoms with van der Waals surface area (Å²) in [6.07, 6.45) is 6.03. The molecule has 3 aromatic rings. The summed E-state index contributed by atoms with van der Waals surface area (Å²) in [7, 11) is 0. The quantitative estimate of drug-likeness (QED) is 0.742. The van der Waals surface area contributed by atoms with Gasteiger partial charge in [-0.1, -0.05) is 31.0 Å². The summed E-state index contributed by atoms with van der Waals surface area (Å²) >= 11 is 0. The molecule has 5 rings (SSSR count). The van der Waals surface area contributed by atoms with Crippen LogP contribution in [0, 0.1) is 6.92 Å². The lowest BCUT2D eigenvalue weighted by Crippen LogP contribution is -2.48. The zero-order chi connectivity index (χ0) is 20.0. The van der Waals surface area contributed by atoms with Crippen molar-refractivity contribution < 1.29 is 14.0 Å². The van der Waals surface area contributed by atoms with Crippen molar-refractivity contribution in [3.63, 3.8) is 0 Å². The van der Waals surface area contributed by atoms with E-state index in [1.807, 2.05) is 37.3 Å². The number of carbonyl (C=O) groups excluding carboxylic acids is 2. The van der Waals surface area contributed by atoms with Gasteiger partial charge in [-0.05, 0) is 31.9 Å². The van der Waals surface area contributed by atoms with Crippen LogP contribution in [0.5, 0.6) is 0 Å². The summed E-state index contributed by atoms with van der Waals surface area (Å²) in [4.78, 5) is 28.0. The third kappa shape index (κ3) is 3.10. The molecule has 1 aliphatic carbocycles. The van der Waals surface area contributed by atoms with E-state index in [2.05, 4.69) is 10.4 Å². The van der Waals surface area contributed by atoms with Gasteiger partial charge in [-0.3, -0.25) is 14.3 Å². The maximum absolute atomic E-state index is 13.3. The summed E-state index contributed by atoms with van der Waals surface area (Å²) < 4.78 is 7.62. The number of aromatic nitrogens is 2. The van der Waals surface area contributed by atoms with Gasteiger partial charge in [0, 0.05) is 23.2 Å². The number of hydrogen-bond acceptors (Lipinski definition) is 4. The van der Waals surface area contributed by atoms with Crippen LogP contribution in [0.3, 0.4) is 0 Å². The molecule has 2 amide bonds. The van der Waals surface area contributed by atoms with Gasteiger partial charge in [0.25, 0.3) is 5.91 Å². The molecule has 2 aliphatic rings. The highest BCUT2D eigenvalue weighted by Crippen LogP contribution is 2.29. The fourth-order valence-electron chi connectivity index (χ4n) is 4.53. The summed E-state index contributed by atoms with van der Waals surface area (Å²) in [6.45, 7) is 2.59. The van der Waals surface area contributed by atoms with Crippen LogP contribution in [0.4, 0.5) is 0 Å². The van der Waals surface area contributed by atoms with E-state index in [9.17, 15) is 9.59 Å². The van der Waals surface area contributed by atoms with Gasteiger partial charge in [0.1, 0.15) is 11.6 Å². The van der Waals surface area contributed by atoms with E-state index in [-0.39, 0.29) is 24.4 Å². The van der Waals surface area contributed by atoms with E-state index in [1.165, 1.54) is 0 Å². The maximum Gasteiger partial charge on any atom is 0.290 e. The van der Waals surface area contributed by atoms with Gasteiger partial charge in [-0.25, -0.2) is 0 Å². The number of fused-ring (bicyclic) bond motifs is 2. The van der Waals surface area contributed by atoms with Crippen molar-refractivity contribution in [2.45, 2.75) is 51.2 Å². The lowest BCUT2D eigenvalue weighted by molar-refractivity contribution is -0.126. The van der Waals surface area contributed by atoms with E-state index in [1.54, 1.807) is 15.8 Å². The zero-order valence-corrected chi connectivity index (χ0v) is 16.4. The highest BCUT2D eigenvalue weighted by Gasteiger charge is 2.36. The lowest BCUT2D eigenvalue weighted by Gasteiger charge is -2.33. The normalized spacial score (nSPS) is 19.5. The molecule has 0 bridgehead atoms. The van der Waals surface area contributed by atoms with E-state index in [0.717, 1.165) is 42.3 Å². The van der Waals surface area contributed by atoms with E-state index in [4.69, 9.17) is 4.42 Å². The van der Waals surface area contributed by atoms with Gasteiger partial charge in [-0.2, -0.15) is 5.10 Å². The van der Waals surface area contributed by atoms with Crippen LogP contribution < -0.4 is 5.32 Å². The van der Waals surface area contributed by atoms with Crippen LogP contribution in [0.2, 0.25) is 0 Å². The second kappa shape index (κ2) is 7.06. The molecule has 0 spiro atoms. The Morgan fingerprint density at radius 3 is 2.76 bits per heavy atom. The third-order valence-electron chi connectivity index (χ3n) is 6.12. The third-order valence-corrected chi connectivity index (χ3v) is 6.12. The molecule has 1 N–H and O–H groups in total. The second-order valence-corrected chi connectivity index (χ2v) is 8.01. The largest absolute Gasteiger partial charge is 0.451 e. The Morgan fingerprint density at radius 1 is 1.17 bits per heavy atom. The standard InChI is InChI=1S/C22H24N4O3/c1-14-17-8-4-5-9-19(17)29-20(14)22(28)25-12-16-10-11-23-26(16)18(13-25)21(27)24-15-6-2-3-7-15/h4-5,8-11,15,18H,2-3,6-7,12-13H2,1H3,(H,24,27)/t18-/m1/s1. The molecule has 1 fully saturated rings. The second-order valence-electron chi connectivity index (χ2n) is 8.01. The Bertz CT molecular complexity index is 1080. The minimum absolute atomic E-state index is 0.0688. The first kappa shape index (κ1) is 18.0.